The van der Waals surface area contributed by atoms with Crippen LogP contribution >= 0.6 is 0 Å². The molecule has 1 aromatic heterocycles. The van der Waals surface area contributed by atoms with E-state index in [2.05, 4.69) is 5.10 Å². The summed E-state index contributed by atoms with van der Waals surface area (Å²) in [7, 11) is 0. The van der Waals surface area contributed by atoms with Crippen LogP contribution in [0.2, 0.25) is 0 Å². The standard InChI is InChI=1S/C21H19N3O6/c1-13-7-14(2)23(22-13)18-5-3-15(4-6-18)21(25)29-11-17-9-19(24(26)27)8-16-10-28-12-30-20(16)17/h3-9H,10-12H2,1-2H3. The summed E-state index contributed by atoms with van der Waals surface area (Å²) in [5.41, 5.74) is 3.96. The van der Waals surface area contributed by atoms with Crippen LogP contribution in [0.15, 0.2) is 42.5 Å². The third-order valence-electron chi connectivity index (χ3n) is 4.70. The number of nitro benzene ring substituents is 1. The zero-order chi connectivity index (χ0) is 21.3. The van der Waals surface area contributed by atoms with E-state index in [4.69, 9.17) is 14.2 Å². The van der Waals surface area contributed by atoms with Crippen molar-refractivity contribution in [3.8, 4) is 11.4 Å². The number of ether oxygens (including phenoxy) is 3. The molecule has 2 heterocycles. The second kappa shape index (κ2) is 7.96. The maximum atomic E-state index is 12.5. The average Bonchev–Trinajstić information content (AvgIpc) is 3.09. The highest BCUT2D eigenvalue weighted by Gasteiger charge is 2.22. The van der Waals surface area contributed by atoms with Gasteiger partial charge in [-0.1, -0.05) is 0 Å². The van der Waals surface area contributed by atoms with E-state index in [0.29, 0.717) is 22.4 Å². The molecule has 0 radical (unpaired) electrons. The molecule has 1 aliphatic rings. The van der Waals surface area contributed by atoms with Crippen molar-refractivity contribution >= 4 is 11.7 Å². The molecular weight excluding hydrogens is 390 g/mol. The molecular formula is C21H19N3O6. The Labute approximate surface area is 171 Å². The fourth-order valence-corrected chi connectivity index (χ4v) is 3.35. The fourth-order valence-electron chi connectivity index (χ4n) is 3.35. The molecule has 30 heavy (non-hydrogen) atoms. The van der Waals surface area contributed by atoms with Crippen LogP contribution in [0.4, 0.5) is 5.69 Å². The Morgan fingerprint density at radius 3 is 2.67 bits per heavy atom. The first-order valence-electron chi connectivity index (χ1n) is 9.24. The maximum Gasteiger partial charge on any atom is 0.338 e. The van der Waals surface area contributed by atoms with Gasteiger partial charge in [-0.2, -0.15) is 5.10 Å². The molecule has 0 saturated carbocycles. The van der Waals surface area contributed by atoms with Crippen LogP contribution in [-0.2, 0) is 22.7 Å². The van der Waals surface area contributed by atoms with Crippen LogP contribution in [-0.4, -0.2) is 27.5 Å². The van der Waals surface area contributed by atoms with Gasteiger partial charge in [0.25, 0.3) is 5.69 Å². The summed E-state index contributed by atoms with van der Waals surface area (Å²) in [6.45, 7) is 3.96. The summed E-state index contributed by atoms with van der Waals surface area (Å²) < 4.78 is 17.8. The predicted octanol–water partition coefficient (Wildman–Crippen LogP) is 3.62. The van der Waals surface area contributed by atoms with Crippen molar-refractivity contribution in [3.63, 3.8) is 0 Å². The Morgan fingerprint density at radius 1 is 1.23 bits per heavy atom. The van der Waals surface area contributed by atoms with E-state index in [9.17, 15) is 14.9 Å². The van der Waals surface area contributed by atoms with Crippen LogP contribution in [0.25, 0.3) is 5.69 Å². The van der Waals surface area contributed by atoms with Crippen LogP contribution in [0, 0.1) is 24.0 Å². The molecule has 0 unspecified atom stereocenters. The van der Waals surface area contributed by atoms with Crippen LogP contribution in [0.5, 0.6) is 5.75 Å². The number of aromatic nitrogens is 2. The van der Waals surface area contributed by atoms with Crippen LogP contribution in [0.3, 0.4) is 0 Å². The number of fused-ring (bicyclic) bond motifs is 1. The van der Waals surface area contributed by atoms with Crippen molar-refractivity contribution in [2.24, 2.45) is 0 Å². The van der Waals surface area contributed by atoms with E-state index < -0.39 is 10.9 Å². The number of nitrogens with zero attached hydrogens (tertiary/aromatic N) is 3. The summed E-state index contributed by atoms with van der Waals surface area (Å²) in [4.78, 5) is 23.2. The summed E-state index contributed by atoms with van der Waals surface area (Å²) >= 11 is 0. The fraction of sp³-hybridized carbons (Fsp3) is 0.238. The SMILES string of the molecule is Cc1cc(C)n(-c2ccc(C(=O)OCc3cc([N+](=O)[O-])cc4c3OCOC4)cc2)n1. The van der Waals surface area contributed by atoms with Gasteiger partial charge in [-0.05, 0) is 44.2 Å². The molecule has 0 amide bonds. The maximum absolute atomic E-state index is 12.5. The van der Waals surface area contributed by atoms with Crippen molar-refractivity contribution < 1.29 is 23.9 Å². The molecule has 0 bridgehead atoms. The molecule has 0 saturated heterocycles. The molecule has 3 aromatic rings. The number of esters is 1. The molecule has 0 N–H and O–H groups in total. The van der Waals surface area contributed by atoms with E-state index in [1.54, 1.807) is 28.9 Å². The van der Waals surface area contributed by atoms with Gasteiger partial charge < -0.3 is 14.2 Å². The molecule has 0 spiro atoms. The zero-order valence-electron chi connectivity index (χ0n) is 16.5. The van der Waals surface area contributed by atoms with Gasteiger partial charge in [-0.3, -0.25) is 10.1 Å². The van der Waals surface area contributed by atoms with Gasteiger partial charge in [0, 0.05) is 29.0 Å². The normalized spacial score (nSPS) is 12.7. The van der Waals surface area contributed by atoms with E-state index in [0.717, 1.165) is 17.1 Å². The number of non-ortho nitro benzene ring substituents is 1. The van der Waals surface area contributed by atoms with E-state index in [1.807, 2.05) is 19.9 Å². The van der Waals surface area contributed by atoms with Crippen molar-refractivity contribution in [2.75, 3.05) is 6.79 Å². The topological polar surface area (TPSA) is 106 Å². The van der Waals surface area contributed by atoms with Gasteiger partial charge in [-0.25, -0.2) is 9.48 Å². The Morgan fingerprint density at radius 2 is 2.00 bits per heavy atom. The number of carbonyl (C=O) groups is 1. The second-order valence-electron chi connectivity index (χ2n) is 6.92. The van der Waals surface area contributed by atoms with Crippen molar-refractivity contribution in [1.82, 2.24) is 9.78 Å². The number of aryl methyl sites for hydroxylation is 2. The van der Waals surface area contributed by atoms with Gasteiger partial charge in [0.1, 0.15) is 12.4 Å². The molecule has 0 aliphatic carbocycles. The largest absolute Gasteiger partial charge is 0.467 e. The number of hydrogen-bond acceptors (Lipinski definition) is 7. The lowest BCUT2D eigenvalue weighted by atomic mass is 10.1. The van der Waals surface area contributed by atoms with E-state index in [-0.39, 0.29) is 25.7 Å². The molecule has 9 nitrogen and oxygen atoms in total. The summed E-state index contributed by atoms with van der Waals surface area (Å²) in [5.74, 6) is -0.0817. The van der Waals surface area contributed by atoms with Gasteiger partial charge in [0.2, 0.25) is 0 Å². The van der Waals surface area contributed by atoms with E-state index in [1.165, 1.54) is 12.1 Å². The van der Waals surface area contributed by atoms with Crippen molar-refractivity contribution in [1.29, 1.82) is 0 Å². The van der Waals surface area contributed by atoms with Crippen molar-refractivity contribution in [2.45, 2.75) is 27.1 Å². The number of nitro groups is 1. The first kappa shape index (κ1) is 19.6. The molecule has 0 atom stereocenters. The first-order valence-corrected chi connectivity index (χ1v) is 9.24. The lowest BCUT2D eigenvalue weighted by Gasteiger charge is -2.20. The van der Waals surface area contributed by atoms with Gasteiger partial charge in [0.05, 0.1) is 28.5 Å². The van der Waals surface area contributed by atoms with E-state index >= 15 is 0 Å². The summed E-state index contributed by atoms with van der Waals surface area (Å²) in [6.07, 6.45) is 0. The van der Waals surface area contributed by atoms with Crippen molar-refractivity contribution in [3.05, 3.63) is 80.7 Å². The Hall–Kier alpha value is -3.72. The number of rotatable bonds is 5. The zero-order valence-corrected chi connectivity index (χ0v) is 16.5. The lowest BCUT2D eigenvalue weighted by Crippen LogP contribution is -2.15. The van der Waals surface area contributed by atoms with Gasteiger partial charge in [0.15, 0.2) is 6.79 Å². The quantitative estimate of drug-likeness (QED) is 0.360. The number of hydrogen-bond donors (Lipinski definition) is 0. The number of carbonyl (C=O) groups excluding carboxylic acids is 1. The van der Waals surface area contributed by atoms with Gasteiger partial charge >= 0.3 is 5.97 Å². The smallest absolute Gasteiger partial charge is 0.338 e. The monoisotopic (exact) mass is 409 g/mol. The minimum atomic E-state index is -0.540. The third kappa shape index (κ3) is 3.87. The van der Waals surface area contributed by atoms with Crippen LogP contribution in [0.1, 0.15) is 32.9 Å². The lowest BCUT2D eigenvalue weighted by molar-refractivity contribution is -0.385. The third-order valence-corrected chi connectivity index (χ3v) is 4.70. The highest BCUT2D eigenvalue weighted by atomic mass is 16.7. The Balaban J connectivity index is 1.50. The van der Waals surface area contributed by atoms with Gasteiger partial charge in [-0.15, -0.1) is 0 Å². The average molecular weight is 409 g/mol. The Kier molecular flexibility index (Phi) is 5.20. The second-order valence-corrected chi connectivity index (χ2v) is 6.92. The molecule has 9 heteroatoms. The number of benzene rings is 2. The highest BCUT2D eigenvalue weighted by molar-refractivity contribution is 5.89. The summed E-state index contributed by atoms with van der Waals surface area (Å²) in [5, 5.41) is 15.6. The first-order chi connectivity index (χ1) is 14.4. The summed E-state index contributed by atoms with van der Waals surface area (Å²) in [6, 6.07) is 11.6. The molecule has 2 aromatic carbocycles. The minimum absolute atomic E-state index is 0.0412. The highest BCUT2D eigenvalue weighted by Crippen LogP contribution is 2.33. The molecule has 0 fully saturated rings. The molecule has 4 rings (SSSR count). The minimum Gasteiger partial charge on any atom is -0.467 e. The molecule has 154 valence electrons. The Bertz CT molecular complexity index is 1120. The molecule has 1 aliphatic heterocycles. The van der Waals surface area contributed by atoms with Crippen LogP contribution < -0.4 is 4.74 Å². The predicted molar refractivity (Wildman–Crippen MR) is 106 cm³/mol.